The molecule has 0 fully saturated rings. The van der Waals surface area contributed by atoms with Crippen LogP contribution in [0.4, 0.5) is 0 Å². The summed E-state index contributed by atoms with van der Waals surface area (Å²) < 4.78 is 6.00. The molecule has 0 aromatic rings. The highest BCUT2D eigenvalue weighted by molar-refractivity contribution is 7.80. The third kappa shape index (κ3) is 3.16. The van der Waals surface area contributed by atoms with Crippen molar-refractivity contribution in [1.82, 2.24) is 0 Å². The maximum absolute atomic E-state index is 11.6. The number of carbonyl (C=O) groups is 1. The Morgan fingerprint density at radius 1 is 1.00 bits per heavy atom. The molecule has 5 heteroatoms. The number of thiocarbonyl (C=S) groups is 1. The molecule has 0 radical (unpaired) electrons. The number of nitrogens with two attached hydrogens (primary N) is 2. The van der Waals surface area contributed by atoms with Crippen molar-refractivity contribution in [2.24, 2.45) is 11.5 Å². The molecular formula is C12H24N2O2S. The molecule has 0 bridgehead atoms. The lowest BCUT2D eigenvalue weighted by atomic mass is 9.91. The first-order valence-corrected chi connectivity index (χ1v) is 6.54. The van der Waals surface area contributed by atoms with Crippen LogP contribution in [-0.4, -0.2) is 22.1 Å². The smallest absolute Gasteiger partial charge is 0.249 e. The summed E-state index contributed by atoms with van der Waals surface area (Å²) in [6.07, 6.45) is 2.30. The number of carbonyl (C=O) groups excluding carboxylic acids is 1. The molecule has 0 atom stereocenters. The van der Waals surface area contributed by atoms with Gasteiger partial charge in [0.2, 0.25) is 5.91 Å². The Hall–Kier alpha value is -0.680. The van der Waals surface area contributed by atoms with E-state index in [-0.39, 0.29) is 4.99 Å². The molecular weight excluding hydrogens is 236 g/mol. The van der Waals surface area contributed by atoms with Crippen molar-refractivity contribution in [1.29, 1.82) is 0 Å². The normalized spacial score (nSPS) is 12.5. The number of primary amides is 1. The van der Waals surface area contributed by atoms with Crippen LogP contribution in [-0.2, 0) is 9.53 Å². The van der Waals surface area contributed by atoms with Gasteiger partial charge in [-0.3, -0.25) is 4.79 Å². The fourth-order valence-electron chi connectivity index (χ4n) is 1.96. The predicted octanol–water partition coefficient (Wildman–Crippen LogP) is 1.89. The van der Waals surface area contributed by atoms with Crippen molar-refractivity contribution in [3.05, 3.63) is 0 Å². The molecule has 0 aliphatic heterocycles. The van der Waals surface area contributed by atoms with Gasteiger partial charge in [-0.15, -0.1) is 0 Å². The SMILES string of the molecule is CCC(CC)(OC(CC)(CC)C(N)=S)C(N)=O. The molecule has 0 saturated heterocycles. The third-order valence-corrected chi connectivity index (χ3v) is 3.95. The monoisotopic (exact) mass is 260 g/mol. The highest BCUT2D eigenvalue weighted by Gasteiger charge is 2.43. The van der Waals surface area contributed by atoms with Gasteiger partial charge in [0, 0.05) is 0 Å². The van der Waals surface area contributed by atoms with Crippen LogP contribution in [0.5, 0.6) is 0 Å². The van der Waals surface area contributed by atoms with E-state index in [0.29, 0.717) is 25.7 Å². The second-order valence-corrected chi connectivity index (χ2v) is 4.67. The van der Waals surface area contributed by atoms with Crippen LogP contribution in [0.1, 0.15) is 53.4 Å². The summed E-state index contributed by atoms with van der Waals surface area (Å²) in [6, 6.07) is 0. The summed E-state index contributed by atoms with van der Waals surface area (Å²) in [6.45, 7) is 7.65. The second-order valence-electron chi connectivity index (χ2n) is 4.23. The van der Waals surface area contributed by atoms with Crippen molar-refractivity contribution < 1.29 is 9.53 Å². The van der Waals surface area contributed by atoms with E-state index < -0.39 is 17.1 Å². The average molecular weight is 260 g/mol. The topological polar surface area (TPSA) is 78.3 Å². The molecule has 0 aromatic carbocycles. The molecule has 0 saturated carbocycles. The van der Waals surface area contributed by atoms with Crippen LogP contribution >= 0.6 is 12.2 Å². The van der Waals surface area contributed by atoms with Gasteiger partial charge in [0.15, 0.2) is 0 Å². The number of amides is 1. The lowest BCUT2D eigenvalue weighted by Crippen LogP contribution is -2.56. The quantitative estimate of drug-likeness (QED) is 0.653. The van der Waals surface area contributed by atoms with Crippen molar-refractivity contribution in [2.45, 2.75) is 64.6 Å². The highest BCUT2D eigenvalue weighted by Crippen LogP contribution is 2.32. The molecule has 0 unspecified atom stereocenters. The van der Waals surface area contributed by atoms with E-state index in [0.717, 1.165) is 0 Å². The largest absolute Gasteiger partial charge is 0.391 e. The summed E-state index contributed by atoms with van der Waals surface area (Å²) in [5.41, 5.74) is 9.51. The molecule has 0 aromatic heterocycles. The summed E-state index contributed by atoms with van der Waals surface area (Å²) >= 11 is 5.08. The Morgan fingerprint density at radius 3 is 1.53 bits per heavy atom. The lowest BCUT2D eigenvalue weighted by molar-refractivity contribution is -0.163. The minimum absolute atomic E-state index is 0.287. The van der Waals surface area contributed by atoms with Crippen LogP contribution < -0.4 is 11.5 Å². The van der Waals surface area contributed by atoms with Crippen molar-refractivity contribution >= 4 is 23.1 Å². The van der Waals surface area contributed by atoms with Gasteiger partial charge in [0.25, 0.3) is 0 Å². The van der Waals surface area contributed by atoms with Gasteiger partial charge < -0.3 is 16.2 Å². The van der Waals surface area contributed by atoms with Crippen LogP contribution in [0, 0.1) is 0 Å². The van der Waals surface area contributed by atoms with Gasteiger partial charge in [0.1, 0.15) is 16.2 Å². The predicted molar refractivity (Wildman–Crippen MR) is 73.7 cm³/mol. The van der Waals surface area contributed by atoms with Gasteiger partial charge >= 0.3 is 0 Å². The van der Waals surface area contributed by atoms with E-state index in [1.165, 1.54) is 0 Å². The first-order valence-electron chi connectivity index (χ1n) is 6.14. The molecule has 1 amide bonds. The third-order valence-electron chi connectivity index (χ3n) is 3.57. The van der Waals surface area contributed by atoms with Crippen LogP contribution in [0.2, 0.25) is 0 Å². The molecule has 0 spiro atoms. The Bertz CT molecular complexity index is 256. The second kappa shape index (κ2) is 6.31. The molecule has 100 valence electrons. The number of ether oxygens (including phenoxy) is 1. The number of rotatable bonds is 8. The first-order chi connectivity index (χ1) is 7.84. The Morgan fingerprint density at radius 2 is 1.35 bits per heavy atom. The van der Waals surface area contributed by atoms with E-state index in [1.54, 1.807) is 0 Å². The van der Waals surface area contributed by atoms with E-state index >= 15 is 0 Å². The Labute approximate surface area is 109 Å². The van der Waals surface area contributed by atoms with Crippen LogP contribution in [0.25, 0.3) is 0 Å². The molecule has 0 rings (SSSR count). The number of hydrogen-bond donors (Lipinski definition) is 2. The van der Waals surface area contributed by atoms with Gasteiger partial charge in [-0.05, 0) is 25.7 Å². The van der Waals surface area contributed by atoms with E-state index in [4.69, 9.17) is 28.4 Å². The van der Waals surface area contributed by atoms with Crippen molar-refractivity contribution in [3.63, 3.8) is 0 Å². The Balaban J connectivity index is 5.33. The van der Waals surface area contributed by atoms with Gasteiger partial charge in [-0.2, -0.15) is 0 Å². The van der Waals surface area contributed by atoms with E-state index in [2.05, 4.69) is 0 Å². The van der Waals surface area contributed by atoms with E-state index in [1.807, 2.05) is 27.7 Å². The zero-order valence-corrected chi connectivity index (χ0v) is 12.0. The standard InChI is InChI=1S/C12H24N2O2S/c1-5-11(6-2,9(13)15)16-12(7-3,8-4)10(14)17/h5-8H2,1-4H3,(H2,13,15)(H2,14,17). The van der Waals surface area contributed by atoms with Gasteiger partial charge in [-0.25, -0.2) is 0 Å². The lowest BCUT2D eigenvalue weighted by Gasteiger charge is -2.40. The summed E-state index contributed by atoms with van der Waals surface area (Å²) in [7, 11) is 0. The van der Waals surface area contributed by atoms with Crippen molar-refractivity contribution in [2.75, 3.05) is 0 Å². The van der Waals surface area contributed by atoms with Crippen LogP contribution in [0.3, 0.4) is 0 Å². The maximum Gasteiger partial charge on any atom is 0.249 e. The zero-order chi connectivity index (χ0) is 13.7. The fraction of sp³-hybridized carbons (Fsp3) is 0.833. The molecule has 17 heavy (non-hydrogen) atoms. The molecule has 0 heterocycles. The Kier molecular flexibility index (Phi) is 6.05. The molecule has 0 aliphatic rings. The summed E-state index contributed by atoms with van der Waals surface area (Å²) in [4.78, 5) is 11.9. The van der Waals surface area contributed by atoms with Gasteiger partial charge in [0.05, 0.1) is 0 Å². The summed E-state index contributed by atoms with van der Waals surface area (Å²) in [5, 5.41) is 0. The fourth-order valence-corrected chi connectivity index (χ4v) is 2.29. The zero-order valence-electron chi connectivity index (χ0n) is 11.2. The molecule has 0 aliphatic carbocycles. The summed E-state index contributed by atoms with van der Waals surface area (Å²) in [5.74, 6) is -0.454. The minimum Gasteiger partial charge on any atom is -0.391 e. The number of hydrogen-bond acceptors (Lipinski definition) is 3. The van der Waals surface area contributed by atoms with Crippen LogP contribution in [0.15, 0.2) is 0 Å². The highest BCUT2D eigenvalue weighted by atomic mass is 32.1. The van der Waals surface area contributed by atoms with E-state index in [9.17, 15) is 4.79 Å². The molecule has 4 N–H and O–H groups in total. The van der Waals surface area contributed by atoms with Crippen molar-refractivity contribution in [3.8, 4) is 0 Å². The average Bonchev–Trinajstić information content (AvgIpc) is 2.31. The first kappa shape index (κ1) is 16.3. The maximum atomic E-state index is 11.6. The minimum atomic E-state index is -0.977. The molecule has 4 nitrogen and oxygen atoms in total. The van der Waals surface area contributed by atoms with Gasteiger partial charge in [-0.1, -0.05) is 39.9 Å².